The lowest BCUT2D eigenvalue weighted by Crippen LogP contribution is -2.53. The van der Waals surface area contributed by atoms with Gasteiger partial charge in [-0.05, 0) is 89.7 Å². The molecule has 0 unspecified atom stereocenters. The smallest absolute Gasteiger partial charge is 0.260 e. The molecule has 2 N–H and O–H groups in total. The summed E-state index contributed by atoms with van der Waals surface area (Å²) in [6.07, 6.45) is 2.29. The minimum Gasteiger partial charge on any atom is -0.508 e. The van der Waals surface area contributed by atoms with E-state index in [0.29, 0.717) is 32.9 Å². The number of nitrogens with one attached hydrogen (secondary N) is 1. The molecule has 4 aliphatic rings. The molecule has 6 atom stereocenters. The molecule has 9 rings (SSSR count). The Morgan fingerprint density at radius 1 is 0.769 bits per heavy atom. The van der Waals surface area contributed by atoms with E-state index in [2.05, 4.69) is 5.43 Å². The molecule has 1 saturated carbocycles. The molecular formula is C42H31ClFN3O5. The molecule has 0 aromatic heterocycles. The molecule has 8 nitrogen and oxygen atoms in total. The molecule has 0 spiro atoms. The van der Waals surface area contributed by atoms with Crippen molar-refractivity contribution in [2.75, 3.05) is 10.3 Å². The van der Waals surface area contributed by atoms with Crippen molar-refractivity contribution < 1.29 is 28.7 Å². The van der Waals surface area contributed by atoms with Crippen LogP contribution in [0, 0.1) is 29.5 Å². The number of nitrogens with zero attached hydrogens (tertiary/aromatic N) is 2. The number of hydrazine groups is 1. The quantitative estimate of drug-likeness (QED) is 0.144. The standard InChI is InChI=1S/C42H31ClFN3O5/c43-25-13-11-24(12-14-25)42-33(39(50)47(41(42)52)45-27-17-15-26(44)16-18-27)22-32-30(37(42)36-29-9-5-4-6-23(29)10-21-34(36)48)19-20-31-35(32)40(51)46(38(31)49)28-7-2-1-3-8-28/h1-19,21,31-33,35,37,45,48H,20,22H2/t31-,32+,33-,35-,37+,42+/m0/s1. The number of phenols is 1. The zero-order valence-electron chi connectivity index (χ0n) is 27.6. The summed E-state index contributed by atoms with van der Waals surface area (Å²) in [5.74, 6) is -6.33. The van der Waals surface area contributed by atoms with Gasteiger partial charge >= 0.3 is 0 Å². The molecule has 10 heteroatoms. The number of anilines is 2. The number of aromatic hydroxyl groups is 1. The number of imide groups is 2. The Kier molecular flexibility index (Phi) is 7.34. The van der Waals surface area contributed by atoms with E-state index in [1.807, 2.05) is 36.4 Å². The van der Waals surface area contributed by atoms with Crippen molar-refractivity contribution in [2.45, 2.75) is 24.2 Å². The van der Waals surface area contributed by atoms with Gasteiger partial charge in [-0.15, -0.1) is 0 Å². The SMILES string of the molecule is O=C1[C@@H]2C[C@@H]3C(=CC[C@@H]4C(=O)N(c5ccccc5)C(=O)[C@@H]43)[C@H](c3c(O)ccc4ccccc34)[C@]2(c2ccc(Cl)cc2)C(=O)N1Nc1ccc(F)cc1. The Balaban J connectivity index is 1.30. The van der Waals surface area contributed by atoms with Crippen LogP contribution in [0.4, 0.5) is 15.8 Å². The number of benzene rings is 5. The van der Waals surface area contributed by atoms with E-state index in [4.69, 9.17) is 11.6 Å². The highest BCUT2D eigenvalue weighted by Gasteiger charge is 2.70. The first-order chi connectivity index (χ1) is 25.2. The third-order valence-corrected chi connectivity index (χ3v) is 11.8. The van der Waals surface area contributed by atoms with Crippen molar-refractivity contribution in [1.29, 1.82) is 0 Å². The molecule has 5 aromatic rings. The summed E-state index contributed by atoms with van der Waals surface area (Å²) in [6, 6.07) is 31.9. The molecule has 2 heterocycles. The summed E-state index contributed by atoms with van der Waals surface area (Å²) in [7, 11) is 0. The second-order valence-electron chi connectivity index (χ2n) is 13.9. The van der Waals surface area contributed by atoms with E-state index in [-0.39, 0.29) is 30.4 Å². The first kappa shape index (κ1) is 32.1. The lowest BCUT2D eigenvalue weighted by molar-refractivity contribution is -0.138. The van der Waals surface area contributed by atoms with E-state index in [1.165, 1.54) is 29.2 Å². The van der Waals surface area contributed by atoms with Crippen molar-refractivity contribution in [3.05, 3.63) is 149 Å². The van der Waals surface area contributed by atoms with Crippen molar-refractivity contribution in [3.63, 3.8) is 0 Å². The normalized spacial score (nSPS) is 26.7. The van der Waals surface area contributed by atoms with Crippen molar-refractivity contribution in [2.24, 2.45) is 23.7 Å². The van der Waals surface area contributed by atoms with Crippen molar-refractivity contribution in [3.8, 4) is 5.75 Å². The van der Waals surface area contributed by atoms with Gasteiger partial charge in [-0.3, -0.25) is 29.5 Å². The number of phenolic OH excluding ortho intramolecular Hbond substituents is 1. The van der Waals surface area contributed by atoms with Gasteiger partial charge in [-0.25, -0.2) is 4.39 Å². The van der Waals surface area contributed by atoms with Crippen molar-refractivity contribution >= 4 is 57.4 Å². The number of rotatable bonds is 5. The van der Waals surface area contributed by atoms with E-state index in [1.54, 1.807) is 60.7 Å². The van der Waals surface area contributed by atoms with Gasteiger partial charge in [0.05, 0.1) is 34.5 Å². The molecule has 52 heavy (non-hydrogen) atoms. The summed E-state index contributed by atoms with van der Waals surface area (Å²) >= 11 is 6.40. The molecule has 258 valence electrons. The Morgan fingerprint density at radius 2 is 1.48 bits per heavy atom. The summed E-state index contributed by atoms with van der Waals surface area (Å²) < 4.78 is 13.9. The van der Waals surface area contributed by atoms with Crippen LogP contribution in [0.1, 0.15) is 29.9 Å². The highest BCUT2D eigenvalue weighted by Crippen LogP contribution is 2.65. The van der Waals surface area contributed by atoms with Crippen LogP contribution >= 0.6 is 11.6 Å². The second-order valence-corrected chi connectivity index (χ2v) is 14.4. The lowest BCUT2D eigenvalue weighted by Gasteiger charge is -2.51. The number of fused-ring (bicyclic) bond motifs is 5. The number of hydrogen-bond donors (Lipinski definition) is 2. The third kappa shape index (κ3) is 4.51. The van der Waals surface area contributed by atoms with Gasteiger partial charge in [0.2, 0.25) is 11.8 Å². The summed E-state index contributed by atoms with van der Waals surface area (Å²) in [4.78, 5) is 60.1. The predicted octanol–water partition coefficient (Wildman–Crippen LogP) is 7.53. The Morgan fingerprint density at radius 3 is 2.23 bits per heavy atom. The Labute approximate surface area is 303 Å². The number of para-hydroxylation sites is 1. The second kappa shape index (κ2) is 11.9. The van der Waals surface area contributed by atoms with E-state index in [9.17, 15) is 23.9 Å². The molecule has 2 aliphatic heterocycles. The van der Waals surface area contributed by atoms with E-state index < -0.39 is 52.6 Å². The summed E-state index contributed by atoms with van der Waals surface area (Å²) in [6.45, 7) is 0. The number of allylic oxidation sites excluding steroid dienone is 2. The minimum absolute atomic E-state index is 0.0654. The van der Waals surface area contributed by atoms with Gasteiger partial charge in [-0.1, -0.05) is 83.9 Å². The Hall–Kier alpha value is -5.80. The van der Waals surface area contributed by atoms with Crippen LogP contribution in [-0.4, -0.2) is 33.7 Å². The highest BCUT2D eigenvalue weighted by molar-refractivity contribution is 6.30. The maximum atomic E-state index is 15.4. The largest absolute Gasteiger partial charge is 0.508 e. The predicted molar refractivity (Wildman–Crippen MR) is 194 cm³/mol. The molecule has 2 saturated heterocycles. The van der Waals surface area contributed by atoms with Crippen LogP contribution < -0.4 is 10.3 Å². The zero-order valence-corrected chi connectivity index (χ0v) is 28.3. The molecule has 0 radical (unpaired) electrons. The van der Waals surface area contributed by atoms with Crippen LogP contribution in [0.3, 0.4) is 0 Å². The fourth-order valence-corrected chi connectivity index (χ4v) is 9.51. The molecule has 4 amide bonds. The van der Waals surface area contributed by atoms with Gasteiger partial charge in [0.15, 0.2) is 0 Å². The fourth-order valence-electron chi connectivity index (χ4n) is 9.39. The number of carbonyl (C=O) groups is 4. The van der Waals surface area contributed by atoms with Gasteiger partial charge in [0.25, 0.3) is 11.8 Å². The molecule has 3 fully saturated rings. The van der Waals surface area contributed by atoms with Gasteiger partial charge < -0.3 is 5.11 Å². The average Bonchev–Trinajstić information content (AvgIpc) is 3.54. The first-order valence-corrected chi connectivity index (χ1v) is 17.6. The third-order valence-electron chi connectivity index (χ3n) is 11.5. The van der Waals surface area contributed by atoms with Crippen molar-refractivity contribution in [1.82, 2.24) is 5.01 Å². The summed E-state index contributed by atoms with van der Waals surface area (Å²) in [5.41, 5.74) is 3.83. The minimum atomic E-state index is -1.61. The van der Waals surface area contributed by atoms with Crippen LogP contribution in [0.5, 0.6) is 5.75 Å². The summed E-state index contributed by atoms with van der Waals surface area (Å²) in [5, 5.41) is 14.8. The van der Waals surface area contributed by atoms with E-state index >= 15 is 4.79 Å². The maximum Gasteiger partial charge on any atom is 0.260 e. The number of hydrogen-bond acceptors (Lipinski definition) is 6. The molecule has 5 aromatic carbocycles. The topological polar surface area (TPSA) is 107 Å². The highest BCUT2D eigenvalue weighted by atomic mass is 35.5. The number of carbonyl (C=O) groups excluding carboxylic acids is 4. The molecule has 2 aliphatic carbocycles. The van der Waals surface area contributed by atoms with Gasteiger partial charge in [-0.2, -0.15) is 5.01 Å². The lowest BCUT2D eigenvalue weighted by atomic mass is 9.48. The molecule has 0 bridgehead atoms. The van der Waals surface area contributed by atoms with Crippen LogP contribution in [0.25, 0.3) is 10.8 Å². The Bertz CT molecular complexity index is 2350. The molecular weight excluding hydrogens is 681 g/mol. The van der Waals surface area contributed by atoms with Crippen LogP contribution in [0.2, 0.25) is 5.02 Å². The zero-order chi connectivity index (χ0) is 35.9. The number of halogens is 2. The fraction of sp³-hybridized carbons (Fsp3) is 0.190. The maximum absolute atomic E-state index is 15.4. The average molecular weight is 712 g/mol. The number of amides is 4. The van der Waals surface area contributed by atoms with Crippen LogP contribution in [0.15, 0.2) is 127 Å². The van der Waals surface area contributed by atoms with Gasteiger partial charge in [0, 0.05) is 16.5 Å². The monoisotopic (exact) mass is 711 g/mol. The van der Waals surface area contributed by atoms with Crippen LogP contribution in [-0.2, 0) is 24.6 Å². The first-order valence-electron chi connectivity index (χ1n) is 17.2. The van der Waals surface area contributed by atoms with Gasteiger partial charge in [0.1, 0.15) is 11.6 Å². The van der Waals surface area contributed by atoms with E-state index in [0.717, 1.165) is 16.0 Å².